The van der Waals surface area contributed by atoms with E-state index in [0.717, 1.165) is 12.7 Å². The maximum Gasteiger partial charge on any atom is 0.123 e. The summed E-state index contributed by atoms with van der Waals surface area (Å²) < 4.78 is 0. The second-order valence-electron chi connectivity index (χ2n) is 3.25. The highest BCUT2D eigenvalue weighted by Crippen LogP contribution is 2.30. The first-order valence-corrected chi connectivity index (χ1v) is 4.33. The molecule has 0 aromatic rings. The van der Waals surface area contributed by atoms with E-state index in [-0.39, 0.29) is 0 Å². The lowest BCUT2D eigenvalue weighted by Gasteiger charge is -2.26. The number of aldehydes is 1. The monoisotopic (exact) mass is 140 g/mol. The van der Waals surface area contributed by atoms with Crippen LogP contribution in [0, 0.1) is 11.8 Å². The van der Waals surface area contributed by atoms with E-state index in [0.29, 0.717) is 11.8 Å². The molecule has 0 unspecified atom stereocenters. The molecule has 0 bridgehead atoms. The third-order valence-corrected chi connectivity index (χ3v) is 2.67. The minimum Gasteiger partial charge on any atom is -0.303 e. The van der Waals surface area contributed by atoms with Crippen LogP contribution in [-0.4, -0.2) is 6.29 Å². The second kappa shape index (κ2) is 3.75. The van der Waals surface area contributed by atoms with Crippen LogP contribution in [0.1, 0.15) is 39.0 Å². The zero-order chi connectivity index (χ0) is 7.40. The molecule has 58 valence electrons. The summed E-state index contributed by atoms with van der Waals surface area (Å²) in [7, 11) is 0. The molecule has 1 saturated carbocycles. The molecule has 2 atom stereocenters. The SMILES string of the molecule is CC[C@H]1CCCC[C@@H]1C=O. The molecule has 0 aromatic carbocycles. The van der Waals surface area contributed by atoms with Crippen LogP contribution in [0.15, 0.2) is 0 Å². The van der Waals surface area contributed by atoms with Gasteiger partial charge in [-0.2, -0.15) is 0 Å². The predicted octanol–water partition coefficient (Wildman–Crippen LogP) is 2.40. The lowest BCUT2D eigenvalue weighted by atomic mass is 9.79. The van der Waals surface area contributed by atoms with E-state index in [1.165, 1.54) is 25.7 Å². The van der Waals surface area contributed by atoms with Crippen molar-refractivity contribution in [1.82, 2.24) is 0 Å². The number of hydrogen-bond acceptors (Lipinski definition) is 1. The van der Waals surface area contributed by atoms with Crippen molar-refractivity contribution in [3.63, 3.8) is 0 Å². The summed E-state index contributed by atoms with van der Waals surface area (Å²) in [5, 5.41) is 0. The van der Waals surface area contributed by atoms with Gasteiger partial charge in [0, 0.05) is 5.92 Å². The third-order valence-electron chi connectivity index (χ3n) is 2.67. The van der Waals surface area contributed by atoms with Crippen LogP contribution in [0.25, 0.3) is 0 Å². The Balaban J connectivity index is 2.41. The molecule has 1 aliphatic rings. The van der Waals surface area contributed by atoms with Gasteiger partial charge in [-0.05, 0) is 18.8 Å². The molecular weight excluding hydrogens is 124 g/mol. The Kier molecular flexibility index (Phi) is 2.91. The van der Waals surface area contributed by atoms with E-state index in [1.54, 1.807) is 0 Å². The maximum atomic E-state index is 10.5. The van der Waals surface area contributed by atoms with E-state index in [9.17, 15) is 4.79 Å². The molecule has 1 fully saturated rings. The van der Waals surface area contributed by atoms with Gasteiger partial charge in [-0.15, -0.1) is 0 Å². The van der Waals surface area contributed by atoms with Gasteiger partial charge in [0.15, 0.2) is 0 Å². The largest absolute Gasteiger partial charge is 0.303 e. The third kappa shape index (κ3) is 1.59. The lowest BCUT2D eigenvalue weighted by Crippen LogP contribution is -2.19. The van der Waals surface area contributed by atoms with Gasteiger partial charge in [0.05, 0.1) is 0 Å². The molecule has 0 aliphatic heterocycles. The second-order valence-corrected chi connectivity index (χ2v) is 3.25. The van der Waals surface area contributed by atoms with Crippen LogP contribution >= 0.6 is 0 Å². The van der Waals surface area contributed by atoms with Crippen molar-refractivity contribution >= 4 is 6.29 Å². The van der Waals surface area contributed by atoms with Gasteiger partial charge in [0.1, 0.15) is 6.29 Å². The molecular formula is C9H16O. The Bertz CT molecular complexity index is 109. The summed E-state index contributed by atoms with van der Waals surface area (Å²) in [6, 6.07) is 0. The van der Waals surface area contributed by atoms with Crippen molar-refractivity contribution in [3.05, 3.63) is 0 Å². The highest BCUT2D eigenvalue weighted by molar-refractivity contribution is 5.54. The van der Waals surface area contributed by atoms with Crippen molar-refractivity contribution in [2.45, 2.75) is 39.0 Å². The van der Waals surface area contributed by atoms with Crippen LogP contribution in [0.4, 0.5) is 0 Å². The van der Waals surface area contributed by atoms with Crippen LogP contribution in [-0.2, 0) is 4.79 Å². The molecule has 1 rings (SSSR count). The number of hydrogen-bond donors (Lipinski definition) is 0. The summed E-state index contributed by atoms with van der Waals surface area (Å²) in [6.07, 6.45) is 7.36. The smallest absolute Gasteiger partial charge is 0.123 e. The zero-order valence-electron chi connectivity index (χ0n) is 6.68. The number of carbonyl (C=O) groups is 1. The van der Waals surface area contributed by atoms with Crippen molar-refractivity contribution < 1.29 is 4.79 Å². The first kappa shape index (κ1) is 7.77. The van der Waals surface area contributed by atoms with Gasteiger partial charge in [-0.1, -0.05) is 26.2 Å². The fourth-order valence-corrected chi connectivity index (χ4v) is 1.92. The number of carbonyl (C=O) groups excluding carboxylic acids is 1. The minimum atomic E-state index is 0.388. The average Bonchev–Trinajstić information content (AvgIpc) is 2.04. The normalized spacial score (nSPS) is 33.7. The minimum absolute atomic E-state index is 0.388. The van der Waals surface area contributed by atoms with Crippen LogP contribution in [0.2, 0.25) is 0 Å². The van der Waals surface area contributed by atoms with E-state index in [4.69, 9.17) is 0 Å². The van der Waals surface area contributed by atoms with Gasteiger partial charge >= 0.3 is 0 Å². The van der Waals surface area contributed by atoms with Crippen LogP contribution < -0.4 is 0 Å². The molecule has 0 heterocycles. The average molecular weight is 140 g/mol. The highest BCUT2D eigenvalue weighted by atomic mass is 16.1. The molecule has 0 amide bonds. The topological polar surface area (TPSA) is 17.1 Å². The highest BCUT2D eigenvalue weighted by Gasteiger charge is 2.22. The molecule has 0 radical (unpaired) electrons. The summed E-state index contributed by atoms with van der Waals surface area (Å²) in [5.74, 6) is 1.09. The molecule has 10 heavy (non-hydrogen) atoms. The van der Waals surface area contributed by atoms with Gasteiger partial charge in [0.25, 0.3) is 0 Å². The Hall–Kier alpha value is -0.330. The first-order chi connectivity index (χ1) is 4.88. The van der Waals surface area contributed by atoms with Crippen molar-refractivity contribution in [2.24, 2.45) is 11.8 Å². The Morgan fingerprint density at radius 1 is 1.40 bits per heavy atom. The summed E-state index contributed by atoms with van der Waals surface area (Å²) in [6.45, 7) is 2.19. The standard InChI is InChI=1S/C9H16O/c1-2-8-5-3-4-6-9(8)7-10/h7-9H,2-6H2,1H3/t8-,9+/m0/s1. The first-order valence-electron chi connectivity index (χ1n) is 4.33. The Morgan fingerprint density at radius 2 is 2.10 bits per heavy atom. The van der Waals surface area contributed by atoms with Crippen LogP contribution in [0.3, 0.4) is 0 Å². The van der Waals surface area contributed by atoms with Crippen molar-refractivity contribution in [2.75, 3.05) is 0 Å². The Morgan fingerprint density at radius 3 is 2.60 bits per heavy atom. The molecule has 0 aromatic heterocycles. The quantitative estimate of drug-likeness (QED) is 0.538. The lowest BCUT2D eigenvalue weighted by molar-refractivity contribution is -0.113. The maximum absolute atomic E-state index is 10.5. The summed E-state index contributed by atoms with van der Waals surface area (Å²) >= 11 is 0. The molecule has 0 saturated heterocycles. The van der Waals surface area contributed by atoms with Crippen molar-refractivity contribution in [3.8, 4) is 0 Å². The van der Waals surface area contributed by atoms with Crippen molar-refractivity contribution in [1.29, 1.82) is 0 Å². The van der Waals surface area contributed by atoms with Gasteiger partial charge in [-0.25, -0.2) is 0 Å². The van der Waals surface area contributed by atoms with Gasteiger partial charge in [0.2, 0.25) is 0 Å². The molecule has 0 spiro atoms. The van der Waals surface area contributed by atoms with E-state index >= 15 is 0 Å². The fraction of sp³-hybridized carbons (Fsp3) is 0.889. The zero-order valence-corrected chi connectivity index (χ0v) is 6.68. The van der Waals surface area contributed by atoms with Crippen LogP contribution in [0.5, 0.6) is 0 Å². The number of rotatable bonds is 2. The van der Waals surface area contributed by atoms with Gasteiger partial charge < -0.3 is 4.79 Å². The van der Waals surface area contributed by atoms with E-state index < -0.39 is 0 Å². The molecule has 1 nitrogen and oxygen atoms in total. The van der Waals surface area contributed by atoms with E-state index in [2.05, 4.69) is 6.92 Å². The van der Waals surface area contributed by atoms with Gasteiger partial charge in [-0.3, -0.25) is 0 Å². The molecule has 1 heteroatoms. The molecule has 0 N–H and O–H groups in total. The fourth-order valence-electron chi connectivity index (χ4n) is 1.92. The van der Waals surface area contributed by atoms with E-state index in [1.807, 2.05) is 0 Å². The summed E-state index contributed by atoms with van der Waals surface area (Å²) in [4.78, 5) is 10.5. The molecule has 1 aliphatic carbocycles. The predicted molar refractivity (Wildman–Crippen MR) is 41.8 cm³/mol. The Labute approximate surface area is 62.8 Å². The summed E-state index contributed by atoms with van der Waals surface area (Å²) in [5.41, 5.74) is 0.